The van der Waals surface area contributed by atoms with Gasteiger partial charge in [0.25, 0.3) is 0 Å². The van der Waals surface area contributed by atoms with Crippen molar-refractivity contribution in [2.24, 2.45) is 11.7 Å². The normalized spacial score (nSPS) is 16.7. The van der Waals surface area contributed by atoms with Gasteiger partial charge in [-0.3, -0.25) is 14.4 Å². The van der Waals surface area contributed by atoms with Crippen molar-refractivity contribution in [2.75, 3.05) is 6.61 Å². The molecule has 1 aliphatic carbocycles. The predicted octanol–water partition coefficient (Wildman–Crippen LogP) is -0.680. The molecule has 5 nitrogen and oxygen atoms in total. The molecule has 0 aliphatic heterocycles. The third-order valence-electron chi connectivity index (χ3n) is 1.86. The maximum atomic E-state index is 11.0. The number of carbonyl (C=O) groups excluding carboxylic acids is 2. The van der Waals surface area contributed by atoms with Gasteiger partial charge in [0.2, 0.25) is 11.8 Å². The van der Waals surface area contributed by atoms with E-state index in [0.29, 0.717) is 0 Å². The van der Waals surface area contributed by atoms with Crippen LogP contribution in [0.4, 0.5) is 0 Å². The molecule has 0 bridgehead atoms. The van der Waals surface area contributed by atoms with Gasteiger partial charge in [0.15, 0.2) is 6.61 Å². The molecule has 1 fully saturated rings. The first-order valence-corrected chi connectivity index (χ1v) is 3.90. The van der Waals surface area contributed by atoms with Crippen LogP contribution in [0.1, 0.15) is 19.3 Å². The van der Waals surface area contributed by atoms with Crippen LogP contribution in [0.2, 0.25) is 0 Å². The van der Waals surface area contributed by atoms with E-state index in [1.807, 2.05) is 0 Å². The van der Waals surface area contributed by atoms with Gasteiger partial charge < -0.3 is 5.73 Å². The maximum absolute atomic E-state index is 11.0. The lowest BCUT2D eigenvalue weighted by molar-refractivity contribution is -0.143. The van der Waals surface area contributed by atoms with E-state index >= 15 is 0 Å². The third-order valence-corrected chi connectivity index (χ3v) is 1.86. The number of hydrogen-bond acceptors (Lipinski definition) is 3. The minimum atomic E-state index is -0.594. The van der Waals surface area contributed by atoms with E-state index in [1.54, 1.807) is 0 Å². The molecule has 0 aromatic rings. The fraction of sp³-hybridized carbons (Fsp3) is 0.714. The monoisotopic (exact) mass is 172 g/mol. The van der Waals surface area contributed by atoms with E-state index in [2.05, 4.69) is 10.3 Å². The van der Waals surface area contributed by atoms with Gasteiger partial charge in [0, 0.05) is 5.92 Å². The number of hydrogen-bond donors (Lipinski definition) is 2. The molecule has 68 valence electrons. The molecule has 1 saturated carbocycles. The second kappa shape index (κ2) is 4.06. The summed E-state index contributed by atoms with van der Waals surface area (Å²) in [6.07, 6.45) is 2.91. The lowest BCUT2D eigenvalue weighted by Crippen LogP contribution is -2.36. The Kier molecular flexibility index (Phi) is 3.04. The Morgan fingerprint density at radius 1 is 1.50 bits per heavy atom. The minimum Gasteiger partial charge on any atom is -0.368 e. The Bertz CT molecular complexity index is 189. The average molecular weight is 172 g/mol. The molecular formula is C7H12N2O3. The highest BCUT2D eigenvalue weighted by Gasteiger charge is 2.25. The fourth-order valence-electron chi connectivity index (χ4n) is 0.932. The van der Waals surface area contributed by atoms with Crippen LogP contribution >= 0.6 is 0 Å². The predicted molar refractivity (Wildman–Crippen MR) is 40.6 cm³/mol. The quantitative estimate of drug-likeness (QED) is 0.551. The van der Waals surface area contributed by atoms with Crippen LogP contribution in [0, 0.1) is 5.92 Å². The number of rotatable bonds is 4. The van der Waals surface area contributed by atoms with Crippen molar-refractivity contribution < 1.29 is 14.4 Å². The molecular weight excluding hydrogens is 160 g/mol. The van der Waals surface area contributed by atoms with Crippen LogP contribution in [0.25, 0.3) is 0 Å². The first-order chi connectivity index (χ1) is 5.70. The molecule has 2 amide bonds. The smallest absolute Gasteiger partial charge is 0.246 e. The van der Waals surface area contributed by atoms with E-state index in [4.69, 9.17) is 5.73 Å². The summed E-state index contributed by atoms with van der Waals surface area (Å²) < 4.78 is 0. The van der Waals surface area contributed by atoms with E-state index in [-0.39, 0.29) is 18.4 Å². The molecule has 0 unspecified atom stereocenters. The van der Waals surface area contributed by atoms with Gasteiger partial charge in [-0.05, 0) is 12.8 Å². The lowest BCUT2D eigenvalue weighted by atomic mass is 9.85. The number of primary amides is 1. The van der Waals surface area contributed by atoms with Crippen LogP contribution in [0.3, 0.4) is 0 Å². The van der Waals surface area contributed by atoms with Gasteiger partial charge in [0.05, 0.1) is 0 Å². The number of nitrogens with two attached hydrogens (primary N) is 1. The molecule has 0 radical (unpaired) electrons. The van der Waals surface area contributed by atoms with Gasteiger partial charge in [-0.15, -0.1) is 0 Å². The Morgan fingerprint density at radius 3 is 2.58 bits per heavy atom. The first kappa shape index (κ1) is 8.99. The number of hydroxylamine groups is 1. The topological polar surface area (TPSA) is 81.4 Å². The highest BCUT2D eigenvalue weighted by Crippen LogP contribution is 2.25. The zero-order valence-corrected chi connectivity index (χ0v) is 6.71. The molecule has 5 heteroatoms. The van der Waals surface area contributed by atoms with Crippen LogP contribution in [-0.2, 0) is 14.4 Å². The summed E-state index contributed by atoms with van der Waals surface area (Å²) in [6, 6.07) is 0. The Labute approximate surface area is 70.2 Å². The summed E-state index contributed by atoms with van der Waals surface area (Å²) in [5.41, 5.74) is 6.96. The summed E-state index contributed by atoms with van der Waals surface area (Å²) in [5, 5.41) is 0. The Morgan fingerprint density at radius 2 is 2.17 bits per heavy atom. The van der Waals surface area contributed by atoms with Gasteiger partial charge in [-0.1, -0.05) is 6.42 Å². The summed E-state index contributed by atoms with van der Waals surface area (Å²) in [7, 11) is 0. The van der Waals surface area contributed by atoms with Crippen molar-refractivity contribution in [1.29, 1.82) is 0 Å². The van der Waals surface area contributed by atoms with Gasteiger partial charge in [0.1, 0.15) is 0 Å². The van der Waals surface area contributed by atoms with E-state index in [9.17, 15) is 9.59 Å². The van der Waals surface area contributed by atoms with Crippen molar-refractivity contribution in [3.8, 4) is 0 Å². The second-order valence-electron chi connectivity index (χ2n) is 2.85. The van der Waals surface area contributed by atoms with Crippen molar-refractivity contribution in [3.05, 3.63) is 0 Å². The van der Waals surface area contributed by atoms with Crippen LogP contribution in [-0.4, -0.2) is 18.4 Å². The van der Waals surface area contributed by atoms with Crippen molar-refractivity contribution >= 4 is 11.8 Å². The summed E-state index contributed by atoms with van der Waals surface area (Å²) in [5.74, 6) is -0.677. The van der Waals surface area contributed by atoms with Gasteiger partial charge in [-0.2, -0.15) is 0 Å². The van der Waals surface area contributed by atoms with Gasteiger partial charge >= 0.3 is 0 Å². The highest BCUT2D eigenvalue weighted by atomic mass is 16.7. The molecule has 12 heavy (non-hydrogen) atoms. The van der Waals surface area contributed by atoms with Crippen LogP contribution in [0.5, 0.6) is 0 Å². The third kappa shape index (κ3) is 2.50. The van der Waals surface area contributed by atoms with E-state index in [0.717, 1.165) is 19.3 Å². The second-order valence-corrected chi connectivity index (χ2v) is 2.85. The maximum Gasteiger partial charge on any atom is 0.246 e. The molecule has 1 rings (SSSR count). The summed E-state index contributed by atoms with van der Waals surface area (Å²) in [6.45, 7) is -0.265. The molecule has 3 N–H and O–H groups in total. The molecule has 0 aromatic carbocycles. The van der Waals surface area contributed by atoms with Crippen molar-refractivity contribution in [3.63, 3.8) is 0 Å². The fourth-order valence-corrected chi connectivity index (χ4v) is 0.932. The first-order valence-electron chi connectivity index (χ1n) is 3.90. The number of amides is 2. The molecule has 0 spiro atoms. The van der Waals surface area contributed by atoms with E-state index < -0.39 is 5.91 Å². The van der Waals surface area contributed by atoms with Crippen LogP contribution in [0.15, 0.2) is 0 Å². The molecule has 1 aliphatic rings. The summed E-state index contributed by atoms with van der Waals surface area (Å²) >= 11 is 0. The number of carbonyl (C=O) groups is 2. The van der Waals surface area contributed by atoms with E-state index in [1.165, 1.54) is 0 Å². The minimum absolute atomic E-state index is 0.0675. The molecule has 0 saturated heterocycles. The lowest BCUT2D eigenvalue weighted by Gasteiger charge is -2.23. The largest absolute Gasteiger partial charge is 0.368 e. The van der Waals surface area contributed by atoms with Gasteiger partial charge in [-0.25, -0.2) is 5.48 Å². The molecule has 0 aromatic heterocycles. The average Bonchev–Trinajstić information content (AvgIpc) is 1.81. The zero-order valence-electron chi connectivity index (χ0n) is 6.71. The molecule has 0 atom stereocenters. The SMILES string of the molecule is NC(=O)CONC(=O)C1CCC1. The number of nitrogens with one attached hydrogen (secondary N) is 1. The van der Waals surface area contributed by atoms with Crippen LogP contribution < -0.4 is 11.2 Å². The zero-order chi connectivity index (χ0) is 8.97. The van der Waals surface area contributed by atoms with Crippen molar-refractivity contribution in [2.45, 2.75) is 19.3 Å². The van der Waals surface area contributed by atoms with Crippen molar-refractivity contribution in [1.82, 2.24) is 5.48 Å². The Balaban J connectivity index is 2.05. The highest BCUT2D eigenvalue weighted by molar-refractivity contribution is 5.79. The Hall–Kier alpha value is -1.10. The standard InChI is InChI=1S/C7H12N2O3/c8-6(10)4-12-9-7(11)5-2-1-3-5/h5H,1-4H2,(H2,8,10)(H,9,11). The summed E-state index contributed by atoms with van der Waals surface area (Å²) in [4.78, 5) is 25.7. The molecule has 0 heterocycles.